The fraction of sp³-hybridized carbons (Fsp3) is 0.455. The Kier molecular flexibility index (Phi) is 6.49. The van der Waals surface area contributed by atoms with Crippen LogP contribution in [0.15, 0.2) is 47.6 Å². The molecule has 1 aromatic heterocycles. The van der Waals surface area contributed by atoms with E-state index in [1.165, 1.54) is 50.5 Å². The summed E-state index contributed by atoms with van der Waals surface area (Å²) in [5, 5.41) is 2.39. The molecule has 3 rings (SSSR count). The average molecular weight is 351 g/mol. The van der Waals surface area contributed by atoms with Crippen molar-refractivity contribution < 1.29 is 0 Å². The number of rotatable bonds is 6. The second-order valence-electron chi connectivity index (χ2n) is 7.09. The molecule has 0 spiro atoms. The summed E-state index contributed by atoms with van der Waals surface area (Å²) in [7, 11) is 0. The van der Waals surface area contributed by atoms with Gasteiger partial charge in [-0.05, 0) is 73.5 Å². The maximum absolute atomic E-state index is 4.70. The lowest BCUT2D eigenvalue weighted by Crippen LogP contribution is -2.13. The second-order valence-corrected chi connectivity index (χ2v) is 7.27. The van der Waals surface area contributed by atoms with Crippen LogP contribution in [0.3, 0.4) is 0 Å². The maximum Gasteiger partial charge on any atom is 0.0740 e. The molecule has 1 aliphatic carbocycles. The van der Waals surface area contributed by atoms with Gasteiger partial charge < -0.3 is 0 Å². The summed E-state index contributed by atoms with van der Waals surface area (Å²) in [6.45, 7) is 2.29. The summed E-state index contributed by atoms with van der Waals surface area (Å²) in [6, 6.07) is 12.4. The minimum absolute atomic E-state index is 0.693. The van der Waals surface area contributed by atoms with Crippen LogP contribution < -0.4 is 0 Å². The smallest absolute Gasteiger partial charge is 0.0740 e. The predicted molar refractivity (Wildman–Crippen MR) is 109 cm³/mol. The zero-order valence-electron chi connectivity index (χ0n) is 14.9. The zero-order valence-corrected chi connectivity index (χ0v) is 15.8. The van der Waals surface area contributed by atoms with E-state index in [1.54, 1.807) is 0 Å². The van der Waals surface area contributed by atoms with Crippen molar-refractivity contribution >= 4 is 23.1 Å². The monoisotopic (exact) mass is 350 g/mol. The summed E-state index contributed by atoms with van der Waals surface area (Å²) in [5.74, 6) is 1.65. The van der Waals surface area contributed by atoms with Crippen molar-refractivity contribution in [3.63, 3.8) is 0 Å². The molecule has 0 atom stereocenters. The second kappa shape index (κ2) is 9.03. The number of nitrogens with zero attached hydrogens (tertiary/aromatic N) is 2. The molecule has 0 unspecified atom stereocenters. The molecule has 0 amide bonds. The van der Waals surface area contributed by atoms with Crippen LogP contribution in [0, 0.1) is 5.92 Å². The lowest BCUT2D eigenvalue weighted by molar-refractivity contribution is 0.304. The van der Waals surface area contributed by atoms with Gasteiger partial charge in [-0.1, -0.05) is 44.4 Å². The average Bonchev–Trinajstić information content (AvgIpc) is 2.68. The van der Waals surface area contributed by atoms with Crippen molar-refractivity contribution in [3.05, 3.63) is 48.2 Å². The van der Waals surface area contributed by atoms with E-state index in [4.69, 9.17) is 4.98 Å². The van der Waals surface area contributed by atoms with Crippen LogP contribution in [0.1, 0.15) is 63.4 Å². The molecule has 3 heteroatoms. The number of pyridine rings is 1. The lowest BCUT2D eigenvalue weighted by atomic mass is 9.77. The molecule has 0 aliphatic heterocycles. The van der Waals surface area contributed by atoms with E-state index in [2.05, 4.69) is 47.6 Å². The summed E-state index contributed by atoms with van der Waals surface area (Å²) in [6.07, 6.45) is 11.6. The fourth-order valence-corrected chi connectivity index (χ4v) is 3.96. The highest BCUT2D eigenvalue weighted by atomic mass is 32.1. The molecular weight excluding hydrogens is 324 g/mol. The van der Waals surface area contributed by atoms with Gasteiger partial charge in [0.1, 0.15) is 0 Å². The van der Waals surface area contributed by atoms with Gasteiger partial charge in [0.2, 0.25) is 0 Å². The Balaban J connectivity index is 1.61. The highest BCUT2D eigenvalue weighted by Crippen LogP contribution is 2.37. The first-order chi connectivity index (χ1) is 12.3. The molecule has 130 valence electrons. The van der Waals surface area contributed by atoms with Gasteiger partial charge in [0.25, 0.3) is 0 Å². The Bertz CT molecular complexity index is 707. The van der Waals surface area contributed by atoms with Crippen LogP contribution in [-0.2, 0) is 0 Å². The van der Waals surface area contributed by atoms with Crippen LogP contribution in [0.4, 0.5) is 5.69 Å². The van der Waals surface area contributed by atoms with Gasteiger partial charge in [-0.2, -0.15) is 4.99 Å². The third kappa shape index (κ3) is 4.84. The number of benzene rings is 1. The number of isothiocyanates is 1. The number of hydrogen-bond acceptors (Lipinski definition) is 3. The Morgan fingerprint density at radius 1 is 1.08 bits per heavy atom. The van der Waals surface area contributed by atoms with Crippen molar-refractivity contribution in [2.24, 2.45) is 10.9 Å². The molecule has 1 heterocycles. The van der Waals surface area contributed by atoms with E-state index in [1.807, 2.05) is 24.3 Å². The van der Waals surface area contributed by atoms with Crippen molar-refractivity contribution in [1.29, 1.82) is 0 Å². The molecule has 1 aliphatic rings. The minimum Gasteiger partial charge on any atom is -0.256 e. The Hall–Kier alpha value is -1.83. The molecule has 0 bridgehead atoms. The van der Waals surface area contributed by atoms with E-state index in [0.717, 1.165) is 22.9 Å². The molecule has 0 radical (unpaired) electrons. The van der Waals surface area contributed by atoms with Crippen LogP contribution in [0.5, 0.6) is 0 Å². The van der Waals surface area contributed by atoms with Crippen LogP contribution in [0.25, 0.3) is 11.3 Å². The SMILES string of the molecule is CCCCC1CCC(c2ccc(-c3ccc(N=C=S)cc3)nc2)CC1. The lowest BCUT2D eigenvalue weighted by Gasteiger charge is -2.28. The number of hydrogen-bond donors (Lipinski definition) is 0. The zero-order chi connectivity index (χ0) is 17.5. The molecule has 1 saturated carbocycles. The van der Waals surface area contributed by atoms with Gasteiger partial charge in [-0.25, -0.2) is 0 Å². The molecule has 2 nitrogen and oxygen atoms in total. The van der Waals surface area contributed by atoms with Gasteiger partial charge in [-0.3, -0.25) is 4.98 Å². The fourth-order valence-electron chi connectivity index (χ4n) is 3.85. The molecule has 25 heavy (non-hydrogen) atoms. The molecule has 1 aromatic carbocycles. The number of aromatic nitrogens is 1. The molecular formula is C22H26N2S. The standard InChI is InChI=1S/C22H26N2S/c1-2-3-4-17-5-7-18(8-6-17)20-11-14-22(23-15-20)19-9-12-21(13-10-19)24-16-25/h9-15,17-18H,2-8H2,1H3. The van der Waals surface area contributed by atoms with Crippen molar-refractivity contribution in [2.75, 3.05) is 0 Å². The third-order valence-electron chi connectivity index (χ3n) is 5.41. The van der Waals surface area contributed by atoms with Gasteiger partial charge >= 0.3 is 0 Å². The minimum atomic E-state index is 0.693. The van der Waals surface area contributed by atoms with Gasteiger partial charge in [0, 0.05) is 11.8 Å². The first kappa shape index (κ1) is 18.0. The van der Waals surface area contributed by atoms with Crippen molar-refractivity contribution in [1.82, 2.24) is 4.98 Å². The third-order valence-corrected chi connectivity index (χ3v) is 5.50. The van der Waals surface area contributed by atoms with Crippen molar-refractivity contribution in [2.45, 2.75) is 57.8 Å². The summed E-state index contributed by atoms with van der Waals surface area (Å²) in [5.41, 5.74) is 4.35. The number of aliphatic imine (C=N–C) groups is 1. The Morgan fingerprint density at radius 2 is 1.84 bits per heavy atom. The number of thiocarbonyl (C=S) groups is 1. The highest BCUT2D eigenvalue weighted by molar-refractivity contribution is 7.78. The predicted octanol–water partition coefficient (Wildman–Crippen LogP) is 6.95. The Labute approximate surface area is 156 Å². The van der Waals surface area contributed by atoms with Gasteiger partial charge in [0.05, 0.1) is 16.5 Å². The van der Waals surface area contributed by atoms with Gasteiger partial charge in [-0.15, -0.1) is 0 Å². The largest absolute Gasteiger partial charge is 0.256 e. The van der Waals surface area contributed by atoms with Crippen molar-refractivity contribution in [3.8, 4) is 11.3 Å². The Morgan fingerprint density at radius 3 is 2.44 bits per heavy atom. The van der Waals surface area contributed by atoms with Crippen LogP contribution in [0.2, 0.25) is 0 Å². The molecule has 0 saturated heterocycles. The normalized spacial score (nSPS) is 20.0. The van der Waals surface area contributed by atoms with E-state index in [9.17, 15) is 0 Å². The van der Waals surface area contributed by atoms with E-state index < -0.39 is 0 Å². The molecule has 0 N–H and O–H groups in total. The van der Waals surface area contributed by atoms with E-state index in [-0.39, 0.29) is 0 Å². The quantitative estimate of drug-likeness (QED) is 0.416. The number of unbranched alkanes of at least 4 members (excludes halogenated alkanes) is 1. The highest BCUT2D eigenvalue weighted by Gasteiger charge is 2.22. The molecule has 1 fully saturated rings. The van der Waals surface area contributed by atoms with E-state index in [0.29, 0.717) is 5.92 Å². The summed E-state index contributed by atoms with van der Waals surface area (Å²) in [4.78, 5) is 8.69. The summed E-state index contributed by atoms with van der Waals surface area (Å²) >= 11 is 4.64. The maximum atomic E-state index is 4.70. The first-order valence-corrected chi connectivity index (χ1v) is 9.85. The first-order valence-electron chi connectivity index (χ1n) is 9.44. The summed E-state index contributed by atoms with van der Waals surface area (Å²) < 4.78 is 0. The van der Waals surface area contributed by atoms with Crippen LogP contribution >= 0.6 is 12.2 Å². The van der Waals surface area contributed by atoms with Gasteiger partial charge in [0.15, 0.2) is 0 Å². The van der Waals surface area contributed by atoms with Crippen LogP contribution in [-0.4, -0.2) is 10.1 Å². The topological polar surface area (TPSA) is 25.2 Å². The van der Waals surface area contributed by atoms with E-state index >= 15 is 0 Å². The molecule has 2 aromatic rings.